The third kappa shape index (κ3) is 2.83. The summed E-state index contributed by atoms with van der Waals surface area (Å²) in [6.07, 6.45) is 9.03. The Morgan fingerprint density at radius 2 is 2.11 bits per heavy atom. The highest BCUT2D eigenvalue weighted by Crippen LogP contribution is 2.18. The lowest BCUT2D eigenvalue weighted by Gasteiger charge is -2.22. The van der Waals surface area contributed by atoms with Gasteiger partial charge in [-0.3, -0.25) is 0 Å². The van der Waals surface area contributed by atoms with Crippen LogP contribution in [-0.2, 0) is 0 Å². The highest BCUT2D eigenvalue weighted by Gasteiger charge is 2.15. The number of rotatable bonds is 2. The van der Waals surface area contributed by atoms with Crippen molar-refractivity contribution in [1.29, 1.82) is 0 Å². The van der Waals surface area contributed by atoms with Crippen LogP contribution in [0, 0.1) is 0 Å². The Bertz CT molecular complexity index is 573. The minimum Gasteiger partial charge on any atom is -0.343 e. The second kappa shape index (κ2) is 5.26. The molecule has 0 bridgehead atoms. The molecule has 0 spiro atoms. The number of imidazole rings is 1. The number of amides is 2. The van der Waals surface area contributed by atoms with Gasteiger partial charge >= 0.3 is 6.03 Å². The van der Waals surface area contributed by atoms with Gasteiger partial charge in [0.1, 0.15) is 0 Å². The second-order valence-electron chi connectivity index (χ2n) is 4.93. The molecule has 0 aliphatic heterocycles. The number of aromatic amines is 1. The standard InChI is InChI=1S/C13H17N5O/c19-13(17-9-4-2-1-3-5-9)18-10-6-11-12(14-7-10)16-8-15-11/h6-9H,1-5H2,(H,14,15,16)(H2,17,18,19). The molecule has 2 aromatic rings. The number of nitrogens with one attached hydrogen (secondary N) is 3. The van der Waals surface area contributed by atoms with Crippen LogP contribution in [0.25, 0.3) is 11.2 Å². The highest BCUT2D eigenvalue weighted by molar-refractivity contribution is 5.91. The van der Waals surface area contributed by atoms with Gasteiger partial charge < -0.3 is 15.6 Å². The molecule has 2 aromatic heterocycles. The third-order valence-corrected chi connectivity index (χ3v) is 3.47. The predicted molar refractivity (Wildman–Crippen MR) is 72.9 cm³/mol. The number of hydrogen-bond donors (Lipinski definition) is 3. The lowest BCUT2D eigenvalue weighted by Crippen LogP contribution is -2.39. The lowest BCUT2D eigenvalue weighted by molar-refractivity contribution is 0.244. The molecular formula is C13H17N5O. The van der Waals surface area contributed by atoms with Gasteiger partial charge in [-0.05, 0) is 18.9 Å². The maximum Gasteiger partial charge on any atom is 0.319 e. The summed E-state index contributed by atoms with van der Waals surface area (Å²) in [7, 11) is 0. The van der Waals surface area contributed by atoms with Crippen LogP contribution in [0.2, 0.25) is 0 Å². The fourth-order valence-corrected chi connectivity index (χ4v) is 2.50. The molecule has 6 nitrogen and oxygen atoms in total. The van der Waals surface area contributed by atoms with E-state index in [9.17, 15) is 4.79 Å². The average Bonchev–Trinajstić information content (AvgIpc) is 2.87. The van der Waals surface area contributed by atoms with Gasteiger partial charge in [0.15, 0.2) is 5.65 Å². The second-order valence-corrected chi connectivity index (χ2v) is 4.93. The van der Waals surface area contributed by atoms with Crippen LogP contribution in [0.1, 0.15) is 32.1 Å². The Morgan fingerprint density at radius 3 is 2.95 bits per heavy atom. The summed E-state index contributed by atoms with van der Waals surface area (Å²) in [4.78, 5) is 23.0. The molecule has 1 saturated carbocycles. The Kier molecular flexibility index (Phi) is 3.31. The fraction of sp³-hybridized carbons (Fsp3) is 0.462. The van der Waals surface area contributed by atoms with Crippen LogP contribution in [0.3, 0.4) is 0 Å². The number of aromatic nitrogens is 3. The van der Waals surface area contributed by atoms with Gasteiger partial charge in [-0.2, -0.15) is 0 Å². The van der Waals surface area contributed by atoms with Crippen molar-refractivity contribution >= 4 is 22.9 Å². The largest absolute Gasteiger partial charge is 0.343 e. The topological polar surface area (TPSA) is 82.7 Å². The Labute approximate surface area is 111 Å². The number of carbonyl (C=O) groups excluding carboxylic acids is 1. The fourth-order valence-electron chi connectivity index (χ4n) is 2.50. The first kappa shape index (κ1) is 12.0. The predicted octanol–water partition coefficient (Wildman–Crippen LogP) is 2.41. The molecule has 2 amide bonds. The van der Waals surface area contributed by atoms with Gasteiger partial charge in [-0.1, -0.05) is 19.3 Å². The van der Waals surface area contributed by atoms with Crippen LogP contribution < -0.4 is 10.6 Å². The summed E-state index contributed by atoms with van der Waals surface area (Å²) in [6, 6.07) is 1.97. The average molecular weight is 259 g/mol. The van der Waals surface area contributed by atoms with Gasteiger partial charge in [0.05, 0.1) is 23.7 Å². The maximum absolute atomic E-state index is 11.9. The summed E-state index contributed by atoms with van der Waals surface area (Å²) >= 11 is 0. The van der Waals surface area contributed by atoms with E-state index in [1.165, 1.54) is 19.3 Å². The molecule has 0 saturated heterocycles. The zero-order valence-corrected chi connectivity index (χ0v) is 10.6. The molecule has 3 rings (SSSR count). The van der Waals surface area contributed by atoms with E-state index in [1.807, 2.05) is 6.07 Å². The molecule has 0 atom stereocenters. The number of nitrogens with zero attached hydrogens (tertiary/aromatic N) is 2. The molecule has 1 fully saturated rings. The first-order valence-electron chi connectivity index (χ1n) is 6.68. The quantitative estimate of drug-likeness (QED) is 0.774. The number of fused-ring (bicyclic) bond motifs is 1. The zero-order valence-electron chi connectivity index (χ0n) is 10.6. The molecule has 19 heavy (non-hydrogen) atoms. The van der Waals surface area contributed by atoms with E-state index in [1.54, 1.807) is 12.5 Å². The third-order valence-electron chi connectivity index (χ3n) is 3.47. The molecule has 0 aromatic carbocycles. The highest BCUT2D eigenvalue weighted by atomic mass is 16.2. The van der Waals surface area contributed by atoms with E-state index in [4.69, 9.17) is 0 Å². The van der Waals surface area contributed by atoms with Crippen LogP contribution >= 0.6 is 0 Å². The smallest absolute Gasteiger partial charge is 0.319 e. The molecule has 2 heterocycles. The summed E-state index contributed by atoms with van der Waals surface area (Å²) in [5.74, 6) is 0. The summed E-state index contributed by atoms with van der Waals surface area (Å²) < 4.78 is 0. The molecule has 0 unspecified atom stereocenters. The first-order chi connectivity index (χ1) is 9.31. The van der Waals surface area contributed by atoms with Crippen molar-refractivity contribution in [3.05, 3.63) is 18.6 Å². The van der Waals surface area contributed by atoms with E-state index in [0.717, 1.165) is 18.4 Å². The van der Waals surface area contributed by atoms with E-state index in [2.05, 4.69) is 25.6 Å². The van der Waals surface area contributed by atoms with Crippen LogP contribution in [0.15, 0.2) is 18.6 Å². The zero-order chi connectivity index (χ0) is 13.1. The van der Waals surface area contributed by atoms with E-state index in [-0.39, 0.29) is 6.03 Å². The minimum atomic E-state index is -0.160. The maximum atomic E-state index is 11.9. The van der Waals surface area contributed by atoms with Gasteiger partial charge in [0.2, 0.25) is 0 Å². The first-order valence-corrected chi connectivity index (χ1v) is 6.68. The van der Waals surface area contributed by atoms with E-state index >= 15 is 0 Å². The van der Waals surface area contributed by atoms with Crippen molar-refractivity contribution in [3.8, 4) is 0 Å². The van der Waals surface area contributed by atoms with Crippen LogP contribution in [-0.4, -0.2) is 27.0 Å². The van der Waals surface area contributed by atoms with Gasteiger partial charge in [-0.25, -0.2) is 14.8 Å². The number of pyridine rings is 1. The number of anilines is 1. The summed E-state index contributed by atoms with van der Waals surface area (Å²) in [5.41, 5.74) is 2.14. The number of carbonyl (C=O) groups is 1. The van der Waals surface area contributed by atoms with E-state index < -0.39 is 0 Å². The van der Waals surface area contributed by atoms with Gasteiger partial charge in [0.25, 0.3) is 0 Å². The van der Waals surface area contributed by atoms with Crippen molar-refractivity contribution in [2.75, 3.05) is 5.32 Å². The summed E-state index contributed by atoms with van der Waals surface area (Å²) in [5, 5.41) is 5.82. The number of urea groups is 1. The Balaban J connectivity index is 1.61. The molecule has 6 heteroatoms. The molecule has 3 N–H and O–H groups in total. The van der Waals surface area contributed by atoms with Crippen molar-refractivity contribution in [1.82, 2.24) is 20.3 Å². The SMILES string of the molecule is O=C(Nc1cnc2nc[nH]c2c1)NC1CCCCC1. The lowest BCUT2D eigenvalue weighted by atomic mass is 9.96. The van der Waals surface area contributed by atoms with Crippen molar-refractivity contribution < 1.29 is 4.79 Å². The van der Waals surface area contributed by atoms with Gasteiger partial charge in [0, 0.05) is 6.04 Å². The van der Waals surface area contributed by atoms with Crippen LogP contribution in [0.5, 0.6) is 0 Å². The molecule has 1 aliphatic carbocycles. The number of H-pyrrole nitrogens is 1. The Morgan fingerprint density at radius 1 is 1.26 bits per heavy atom. The van der Waals surface area contributed by atoms with E-state index in [0.29, 0.717) is 17.4 Å². The normalized spacial score (nSPS) is 16.4. The molecule has 1 aliphatic rings. The number of hydrogen-bond acceptors (Lipinski definition) is 3. The minimum absolute atomic E-state index is 0.160. The van der Waals surface area contributed by atoms with Crippen molar-refractivity contribution in [2.24, 2.45) is 0 Å². The molecule has 0 radical (unpaired) electrons. The Hall–Kier alpha value is -2.11. The van der Waals surface area contributed by atoms with Gasteiger partial charge in [-0.15, -0.1) is 0 Å². The van der Waals surface area contributed by atoms with Crippen molar-refractivity contribution in [2.45, 2.75) is 38.1 Å². The van der Waals surface area contributed by atoms with Crippen molar-refractivity contribution in [3.63, 3.8) is 0 Å². The monoisotopic (exact) mass is 259 g/mol. The molecular weight excluding hydrogens is 242 g/mol. The molecule has 100 valence electrons. The van der Waals surface area contributed by atoms with Crippen LogP contribution in [0.4, 0.5) is 10.5 Å². The summed E-state index contributed by atoms with van der Waals surface area (Å²) in [6.45, 7) is 0.